The number of anilines is 6. The molecule has 0 unspecified atom stereocenters. The van der Waals surface area contributed by atoms with E-state index >= 15 is 0 Å². The summed E-state index contributed by atoms with van der Waals surface area (Å²) in [6.45, 7) is 0.753. The van der Waals surface area contributed by atoms with Crippen molar-refractivity contribution >= 4 is 57.9 Å². The number of aromatic nitrogens is 2. The molecular weight excluding hydrogens is 452 g/mol. The molecule has 2 fully saturated rings. The third-order valence-corrected chi connectivity index (χ3v) is 6.17. The Kier molecular flexibility index (Phi) is 6.31. The van der Waals surface area contributed by atoms with Gasteiger partial charge in [0.15, 0.2) is 5.82 Å². The minimum Gasteiger partial charge on any atom is -0.337 e. The molecule has 174 valence electrons. The Labute approximate surface area is 202 Å². The van der Waals surface area contributed by atoms with Gasteiger partial charge in [0, 0.05) is 30.3 Å². The van der Waals surface area contributed by atoms with Gasteiger partial charge >= 0.3 is 0 Å². The van der Waals surface area contributed by atoms with Crippen molar-refractivity contribution in [2.24, 2.45) is 5.92 Å². The number of nitrogens with one attached hydrogen (secondary N) is 3. The highest BCUT2D eigenvalue weighted by molar-refractivity contribution is 6.33. The molecule has 0 atom stereocenters. The molecule has 1 saturated heterocycles. The standard InChI is InChI=1S/C25H25ClN6O2/c26-19-15-27-25(28-17-10-12-18(13-11-17)32-14-4-3-7-22(32)33)31-23(19)29-20-5-1-2-6-21(20)30-24(34)16-8-9-16/h1-2,5-6,10-13,15-16H,3-4,7-9,14H2,(H,30,34)(H2,27,28,29,31). The van der Waals surface area contributed by atoms with Crippen LogP contribution in [0.1, 0.15) is 32.1 Å². The van der Waals surface area contributed by atoms with Crippen LogP contribution in [-0.2, 0) is 9.59 Å². The maximum atomic E-state index is 12.2. The summed E-state index contributed by atoms with van der Waals surface area (Å²) in [5, 5.41) is 9.71. The zero-order chi connectivity index (χ0) is 23.5. The molecule has 1 saturated carbocycles. The first kappa shape index (κ1) is 22.2. The number of amides is 2. The third kappa shape index (κ3) is 5.12. The highest BCUT2D eigenvalue weighted by atomic mass is 35.5. The van der Waals surface area contributed by atoms with Crippen molar-refractivity contribution in [3.05, 3.63) is 59.8 Å². The lowest BCUT2D eigenvalue weighted by Gasteiger charge is -2.26. The normalized spacial score (nSPS) is 15.7. The van der Waals surface area contributed by atoms with Gasteiger partial charge in [0.2, 0.25) is 17.8 Å². The average molecular weight is 477 g/mol. The number of carbonyl (C=O) groups excluding carboxylic acids is 2. The molecule has 2 heterocycles. The lowest BCUT2D eigenvalue weighted by molar-refractivity contribution is -0.119. The number of hydrogen-bond donors (Lipinski definition) is 3. The molecule has 34 heavy (non-hydrogen) atoms. The zero-order valence-electron chi connectivity index (χ0n) is 18.6. The molecule has 2 aliphatic rings. The van der Waals surface area contributed by atoms with Gasteiger partial charge in [-0.25, -0.2) is 4.98 Å². The van der Waals surface area contributed by atoms with Crippen LogP contribution in [0.3, 0.4) is 0 Å². The van der Waals surface area contributed by atoms with Crippen LogP contribution >= 0.6 is 11.6 Å². The monoisotopic (exact) mass is 476 g/mol. The third-order valence-electron chi connectivity index (χ3n) is 5.89. The van der Waals surface area contributed by atoms with Gasteiger partial charge in [0.25, 0.3) is 0 Å². The van der Waals surface area contributed by atoms with Crippen molar-refractivity contribution < 1.29 is 9.59 Å². The first-order chi connectivity index (χ1) is 16.6. The van der Waals surface area contributed by atoms with Crippen LogP contribution < -0.4 is 20.9 Å². The molecule has 1 aliphatic carbocycles. The SMILES string of the molecule is O=C(Nc1ccccc1Nc1nc(Nc2ccc(N3CCCCC3=O)cc2)ncc1Cl)C1CC1. The topological polar surface area (TPSA) is 99.2 Å². The van der Waals surface area contributed by atoms with Crippen molar-refractivity contribution in [3.63, 3.8) is 0 Å². The number of carbonyl (C=O) groups is 2. The summed E-state index contributed by atoms with van der Waals surface area (Å²) < 4.78 is 0. The smallest absolute Gasteiger partial charge is 0.229 e. The van der Waals surface area contributed by atoms with Crippen molar-refractivity contribution in [2.45, 2.75) is 32.1 Å². The Morgan fingerprint density at radius 1 is 1.00 bits per heavy atom. The van der Waals surface area contributed by atoms with Crippen LogP contribution in [0.5, 0.6) is 0 Å². The van der Waals surface area contributed by atoms with Gasteiger partial charge in [-0.3, -0.25) is 9.59 Å². The minimum atomic E-state index is 0.0279. The number of halogens is 1. The number of rotatable bonds is 7. The second-order valence-corrected chi connectivity index (χ2v) is 8.91. The highest BCUT2D eigenvalue weighted by Gasteiger charge is 2.30. The van der Waals surface area contributed by atoms with E-state index in [1.165, 1.54) is 6.20 Å². The quantitative estimate of drug-likeness (QED) is 0.417. The van der Waals surface area contributed by atoms with Gasteiger partial charge in [0.1, 0.15) is 5.02 Å². The average Bonchev–Trinajstić information content (AvgIpc) is 3.69. The summed E-state index contributed by atoms with van der Waals surface area (Å²) in [7, 11) is 0. The van der Waals surface area contributed by atoms with E-state index in [1.54, 1.807) is 0 Å². The molecule has 9 heteroatoms. The molecule has 2 aromatic carbocycles. The predicted molar refractivity (Wildman–Crippen MR) is 134 cm³/mol. The number of para-hydroxylation sites is 2. The molecular formula is C25H25ClN6O2. The number of hydrogen-bond acceptors (Lipinski definition) is 6. The molecule has 8 nitrogen and oxygen atoms in total. The summed E-state index contributed by atoms with van der Waals surface area (Å²) in [6, 6.07) is 15.1. The summed E-state index contributed by atoms with van der Waals surface area (Å²) >= 11 is 6.35. The molecule has 3 aromatic rings. The predicted octanol–water partition coefficient (Wildman–Crippen LogP) is 5.48. The van der Waals surface area contributed by atoms with Crippen molar-refractivity contribution in [3.8, 4) is 0 Å². The lowest BCUT2D eigenvalue weighted by Crippen LogP contribution is -2.35. The van der Waals surface area contributed by atoms with Gasteiger partial charge in [-0.2, -0.15) is 4.98 Å². The van der Waals surface area contributed by atoms with Gasteiger partial charge in [-0.05, 0) is 62.1 Å². The Morgan fingerprint density at radius 2 is 1.76 bits per heavy atom. The van der Waals surface area contributed by atoms with Crippen molar-refractivity contribution in [2.75, 3.05) is 27.4 Å². The Bertz CT molecular complexity index is 1210. The summed E-state index contributed by atoms with van der Waals surface area (Å²) in [5.41, 5.74) is 3.04. The van der Waals surface area contributed by atoms with E-state index in [0.29, 0.717) is 34.6 Å². The van der Waals surface area contributed by atoms with Crippen LogP contribution in [0.4, 0.5) is 34.5 Å². The first-order valence-electron chi connectivity index (χ1n) is 11.4. The van der Waals surface area contributed by atoms with E-state index in [2.05, 4.69) is 25.9 Å². The maximum absolute atomic E-state index is 12.2. The fourth-order valence-electron chi connectivity index (χ4n) is 3.86. The van der Waals surface area contributed by atoms with Crippen molar-refractivity contribution in [1.82, 2.24) is 9.97 Å². The van der Waals surface area contributed by atoms with E-state index < -0.39 is 0 Å². The largest absolute Gasteiger partial charge is 0.337 e. The molecule has 0 spiro atoms. The van der Waals surface area contributed by atoms with E-state index in [0.717, 1.165) is 43.6 Å². The van der Waals surface area contributed by atoms with Crippen molar-refractivity contribution in [1.29, 1.82) is 0 Å². The van der Waals surface area contributed by atoms with E-state index in [9.17, 15) is 9.59 Å². The maximum Gasteiger partial charge on any atom is 0.229 e. The van der Waals surface area contributed by atoms with Crippen LogP contribution in [0, 0.1) is 5.92 Å². The van der Waals surface area contributed by atoms with Crippen LogP contribution in [-0.4, -0.2) is 28.3 Å². The fraction of sp³-hybridized carbons (Fsp3) is 0.280. The number of nitrogens with zero attached hydrogens (tertiary/aromatic N) is 3. The van der Waals surface area contributed by atoms with Gasteiger partial charge in [-0.1, -0.05) is 23.7 Å². The van der Waals surface area contributed by atoms with E-state index in [1.807, 2.05) is 53.4 Å². The molecule has 0 radical (unpaired) electrons. The lowest BCUT2D eigenvalue weighted by atomic mass is 10.1. The van der Waals surface area contributed by atoms with Gasteiger partial charge in [0.05, 0.1) is 17.6 Å². The number of piperidine rings is 1. The Morgan fingerprint density at radius 3 is 2.50 bits per heavy atom. The molecule has 1 aromatic heterocycles. The van der Waals surface area contributed by atoms with Gasteiger partial charge < -0.3 is 20.9 Å². The molecule has 2 amide bonds. The molecule has 3 N–H and O–H groups in total. The first-order valence-corrected chi connectivity index (χ1v) is 11.8. The zero-order valence-corrected chi connectivity index (χ0v) is 19.3. The summed E-state index contributed by atoms with van der Waals surface area (Å²) in [6.07, 6.45) is 5.96. The van der Waals surface area contributed by atoms with E-state index in [4.69, 9.17) is 11.6 Å². The van der Waals surface area contributed by atoms with Crippen LogP contribution in [0.2, 0.25) is 5.02 Å². The Hall–Kier alpha value is -3.65. The Balaban J connectivity index is 1.30. The molecule has 5 rings (SSSR count). The second-order valence-electron chi connectivity index (χ2n) is 8.50. The fourth-order valence-corrected chi connectivity index (χ4v) is 4.00. The molecule has 1 aliphatic heterocycles. The molecule has 0 bridgehead atoms. The van der Waals surface area contributed by atoms with Crippen LogP contribution in [0.25, 0.3) is 0 Å². The summed E-state index contributed by atoms with van der Waals surface area (Å²) in [5.74, 6) is 1.08. The number of benzene rings is 2. The second kappa shape index (κ2) is 9.69. The highest BCUT2D eigenvalue weighted by Crippen LogP contribution is 2.33. The van der Waals surface area contributed by atoms with E-state index in [-0.39, 0.29) is 17.7 Å². The minimum absolute atomic E-state index is 0.0279. The van der Waals surface area contributed by atoms with Gasteiger partial charge in [-0.15, -0.1) is 0 Å². The summed E-state index contributed by atoms with van der Waals surface area (Å²) in [4.78, 5) is 35.0. The van der Waals surface area contributed by atoms with Crippen LogP contribution in [0.15, 0.2) is 54.7 Å².